The van der Waals surface area contributed by atoms with Crippen LogP contribution >= 0.6 is 7.82 Å². The predicted molar refractivity (Wildman–Crippen MR) is 358 cm³/mol. The van der Waals surface area contributed by atoms with Crippen LogP contribution in [0.4, 0.5) is 0 Å². The molecule has 0 rings (SSSR count). The van der Waals surface area contributed by atoms with Gasteiger partial charge in [-0.05, 0) is 103 Å². The molecule has 0 heterocycles. The maximum atomic E-state index is 12.8. The van der Waals surface area contributed by atoms with Crippen molar-refractivity contribution >= 4 is 19.8 Å². The van der Waals surface area contributed by atoms with Crippen LogP contribution < -0.4 is 5.73 Å². The molecule has 0 aliphatic heterocycles. The molecule has 0 aromatic rings. The Kier molecular flexibility index (Phi) is 64.6. The lowest BCUT2D eigenvalue weighted by Crippen LogP contribution is -2.29. The molecule has 0 radical (unpaired) electrons. The lowest BCUT2D eigenvalue weighted by atomic mass is 10.0. The zero-order valence-electron chi connectivity index (χ0n) is 53.4. The van der Waals surface area contributed by atoms with Crippen molar-refractivity contribution in [2.24, 2.45) is 5.73 Å². The summed E-state index contributed by atoms with van der Waals surface area (Å²) in [5.74, 6) is -0.824. The third-order valence-corrected chi connectivity index (χ3v) is 15.3. The SMILES string of the molecule is CC/C=C\C/C=C\C/C=C\C/C=C\C/C=C\C/C=C\CCCCCCCCCCCCCCCCC(=O)OC(COC(=O)CCCCCCCCCCCCCCCCCC/C=C\C/C=C\C/C=C\C/C=C\CC)COP(=O)(O)OCCN. The minimum absolute atomic E-state index is 0.0498. The van der Waals surface area contributed by atoms with Crippen molar-refractivity contribution in [3.63, 3.8) is 0 Å². The standard InChI is InChI=1S/C73H126NO8P/c1-3-5-7-9-11-13-15-17-19-21-23-25-27-29-31-33-34-35-36-38-40-42-44-46-48-50-52-54-56-58-60-62-64-66-73(76)82-71(70-81-83(77,78)80-68-67-74)69-79-72(75)65-63-61-59-57-55-53-51-49-47-45-43-41-39-37-32-30-28-26-24-22-20-18-16-14-12-10-8-6-4-2/h5-8,11-14,17-20,23-26,29,31,34-35,71H,3-4,9-10,15-16,21-22,27-28,30,32-33,36-70,74H2,1-2H3,(H,77,78)/b7-5-,8-6-,13-11-,14-12-,19-17-,20-18-,25-23-,26-24-,31-29-,35-34-. The summed E-state index contributed by atoms with van der Waals surface area (Å²) >= 11 is 0. The molecular formula is C73H126NO8P. The number of hydrogen-bond donors (Lipinski definition) is 2. The third-order valence-electron chi connectivity index (χ3n) is 14.3. The summed E-state index contributed by atoms with van der Waals surface area (Å²) in [5, 5.41) is 0. The van der Waals surface area contributed by atoms with Gasteiger partial charge >= 0.3 is 19.8 Å². The van der Waals surface area contributed by atoms with E-state index in [9.17, 15) is 19.0 Å². The van der Waals surface area contributed by atoms with Crippen molar-refractivity contribution in [2.45, 2.75) is 302 Å². The zero-order chi connectivity index (χ0) is 60.1. The molecule has 2 atom stereocenters. The summed E-state index contributed by atoms with van der Waals surface area (Å²) in [5.41, 5.74) is 5.40. The zero-order valence-corrected chi connectivity index (χ0v) is 54.3. The van der Waals surface area contributed by atoms with Gasteiger partial charge in [-0.3, -0.25) is 18.6 Å². The van der Waals surface area contributed by atoms with Crippen LogP contribution in [0.5, 0.6) is 0 Å². The quantitative estimate of drug-likeness (QED) is 0.0264. The first-order valence-electron chi connectivity index (χ1n) is 34.0. The van der Waals surface area contributed by atoms with Crippen LogP contribution in [0.1, 0.15) is 296 Å². The van der Waals surface area contributed by atoms with E-state index < -0.39 is 26.5 Å². The minimum atomic E-state index is -4.40. The first kappa shape index (κ1) is 79.4. The summed E-state index contributed by atoms with van der Waals surface area (Å²) in [4.78, 5) is 35.4. The summed E-state index contributed by atoms with van der Waals surface area (Å²) in [6, 6.07) is 0. The summed E-state index contributed by atoms with van der Waals surface area (Å²) in [7, 11) is -4.40. The second-order valence-electron chi connectivity index (χ2n) is 22.3. The Morgan fingerprint density at radius 3 is 0.928 bits per heavy atom. The molecule has 83 heavy (non-hydrogen) atoms. The second-order valence-corrected chi connectivity index (χ2v) is 23.7. The Hall–Kier alpha value is -3.59. The van der Waals surface area contributed by atoms with E-state index in [-0.39, 0.29) is 38.6 Å². The minimum Gasteiger partial charge on any atom is -0.462 e. The van der Waals surface area contributed by atoms with E-state index in [1.54, 1.807) is 0 Å². The molecule has 476 valence electrons. The highest BCUT2D eigenvalue weighted by Gasteiger charge is 2.26. The largest absolute Gasteiger partial charge is 0.472 e. The molecule has 2 unspecified atom stereocenters. The lowest BCUT2D eigenvalue weighted by Gasteiger charge is -2.19. The molecule has 9 nitrogen and oxygen atoms in total. The van der Waals surface area contributed by atoms with Crippen LogP contribution in [0.15, 0.2) is 122 Å². The summed E-state index contributed by atoms with van der Waals surface area (Å²) in [6.45, 7) is 3.54. The van der Waals surface area contributed by atoms with Crippen LogP contribution in [0.25, 0.3) is 0 Å². The number of ether oxygens (including phenoxy) is 2. The van der Waals surface area contributed by atoms with Gasteiger partial charge < -0.3 is 20.1 Å². The number of allylic oxidation sites excluding steroid dienone is 20. The van der Waals surface area contributed by atoms with Crippen molar-refractivity contribution < 1.29 is 37.6 Å². The molecule has 0 amide bonds. The van der Waals surface area contributed by atoms with Crippen LogP contribution in [-0.4, -0.2) is 49.3 Å². The number of unbranched alkanes of at least 4 members (excludes halogenated alkanes) is 30. The summed E-state index contributed by atoms with van der Waals surface area (Å²) < 4.78 is 33.2. The fourth-order valence-corrected chi connectivity index (χ4v) is 10.2. The Morgan fingerprint density at radius 1 is 0.361 bits per heavy atom. The van der Waals surface area contributed by atoms with Crippen molar-refractivity contribution in [2.75, 3.05) is 26.4 Å². The first-order chi connectivity index (χ1) is 40.8. The Balaban J connectivity index is 3.90. The van der Waals surface area contributed by atoms with Gasteiger partial charge in [0.15, 0.2) is 6.10 Å². The molecule has 0 saturated carbocycles. The fourth-order valence-electron chi connectivity index (χ4n) is 9.40. The normalized spacial score (nSPS) is 13.7. The highest BCUT2D eigenvalue weighted by molar-refractivity contribution is 7.47. The molecule has 0 spiro atoms. The Bertz CT molecular complexity index is 1770. The van der Waals surface area contributed by atoms with Gasteiger partial charge in [0.2, 0.25) is 0 Å². The van der Waals surface area contributed by atoms with Gasteiger partial charge in [0.05, 0.1) is 13.2 Å². The van der Waals surface area contributed by atoms with Gasteiger partial charge in [-0.2, -0.15) is 0 Å². The Labute approximate surface area is 511 Å². The van der Waals surface area contributed by atoms with Crippen molar-refractivity contribution in [1.29, 1.82) is 0 Å². The molecular weight excluding hydrogens is 1050 g/mol. The van der Waals surface area contributed by atoms with Gasteiger partial charge in [0.1, 0.15) is 6.61 Å². The average Bonchev–Trinajstić information content (AvgIpc) is 3.49. The van der Waals surface area contributed by atoms with Crippen LogP contribution in [0.3, 0.4) is 0 Å². The van der Waals surface area contributed by atoms with E-state index in [0.717, 1.165) is 103 Å². The Morgan fingerprint density at radius 2 is 0.627 bits per heavy atom. The van der Waals surface area contributed by atoms with Gasteiger partial charge in [-0.15, -0.1) is 0 Å². The summed E-state index contributed by atoms with van der Waals surface area (Å²) in [6.07, 6.45) is 94.2. The van der Waals surface area contributed by atoms with Gasteiger partial charge in [0, 0.05) is 19.4 Å². The third kappa shape index (κ3) is 67.4. The maximum Gasteiger partial charge on any atom is 0.472 e. The van der Waals surface area contributed by atoms with E-state index in [2.05, 4.69) is 135 Å². The molecule has 0 saturated heterocycles. The average molecular weight is 1180 g/mol. The van der Waals surface area contributed by atoms with Crippen molar-refractivity contribution in [3.8, 4) is 0 Å². The monoisotopic (exact) mass is 1180 g/mol. The van der Waals surface area contributed by atoms with E-state index in [0.29, 0.717) is 6.42 Å². The number of phosphoric acid groups is 1. The predicted octanol–water partition coefficient (Wildman–Crippen LogP) is 22.3. The molecule has 0 aliphatic carbocycles. The van der Waals surface area contributed by atoms with Crippen molar-refractivity contribution in [3.05, 3.63) is 122 Å². The smallest absolute Gasteiger partial charge is 0.462 e. The number of nitrogens with two attached hydrogens (primary N) is 1. The topological polar surface area (TPSA) is 134 Å². The van der Waals surface area contributed by atoms with E-state index >= 15 is 0 Å². The number of hydrogen-bond acceptors (Lipinski definition) is 8. The maximum absolute atomic E-state index is 12.8. The van der Waals surface area contributed by atoms with Gasteiger partial charge in [0.25, 0.3) is 0 Å². The molecule has 0 bridgehead atoms. The van der Waals surface area contributed by atoms with E-state index in [4.69, 9.17) is 24.3 Å². The number of carbonyl (C=O) groups is 2. The van der Waals surface area contributed by atoms with Gasteiger partial charge in [-0.25, -0.2) is 4.57 Å². The van der Waals surface area contributed by atoms with Crippen LogP contribution in [0, 0.1) is 0 Å². The fraction of sp³-hybridized carbons (Fsp3) is 0.699. The van der Waals surface area contributed by atoms with Crippen LogP contribution in [0.2, 0.25) is 0 Å². The number of carbonyl (C=O) groups excluding carboxylic acids is 2. The molecule has 10 heteroatoms. The van der Waals surface area contributed by atoms with Crippen molar-refractivity contribution in [1.82, 2.24) is 0 Å². The second kappa shape index (κ2) is 67.5. The highest BCUT2D eigenvalue weighted by atomic mass is 31.2. The molecule has 0 aromatic heterocycles. The molecule has 3 N–H and O–H groups in total. The number of esters is 2. The molecule has 0 aliphatic rings. The van der Waals surface area contributed by atoms with Gasteiger partial charge in [-0.1, -0.05) is 302 Å². The number of rotatable bonds is 63. The highest BCUT2D eigenvalue weighted by Crippen LogP contribution is 2.43. The molecule has 0 aromatic carbocycles. The first-order valence-corrected chi connectivity index (χ1v) is 35.5. The number of phosphoric ester groups is 1. The van der Waals surface area contributed by atoms with E-state index in [1.807, 2.05) is 0 Å². The lowest BCUT2D eigenvalue weighted by molar-refractivity contribution is -0.161. The molecule has 0 fully saturated rings. The van der Waals surface area contributed by atoms with Crippen LogP contribution in [-0.2, 0) is 32.7 Å². The van der Waals surface area contributed by atoms with E-state index in [1.165, 1.54) is 161 Å².